The summed E-state index contributed by atoms with van der Waals surface area (Å²) in [6.07, 6.45) is 1.57. The van der Waals surface area contributed by atoms with Gasteiger partial charge >= 0.3 is 0 Å². The topological polar surface area (TPSA) is 119 Å². The van der Waals surface area contributed by atoms with E-state index in [9.17, 15) is 25.5 Å². The van der Waals surface area contributed by atoms with Gasteiger partial charge in [0.05, 0.1) is 31.0 Å². The molecule has 10 heteroatoms. The molecule has 0 radical (unpaired) electrons. The highest BCUT2D eigenvalue weighted by Gasteiger charge is 2.13. The second-order valence-electron chi connectivity index (χ2n) is 6.50. The fourth-order valence-electron chi connectivity index (χ4n) is 2.80. The van der Waals surface area contributed by atoms with E-state index in [1.807, 2.05) is 6.07 Å². The highest BCUT2D eigenvalue weighted by molar-refractivity contribution is 9.10. The lowest BCUT2D eigenvalue weighted by molar-refractivity contribution is -0.385. The van der Waals surface area contributed by atoms with Crippen LogP contribution in [0.3, 0.4) is 0 Å². The van der Waals surface area contributed by atoms with Crippen molar-refractivity contribution < 1.29 is 14.6 Å². The second kappa shape index (κ2) is 10.0. The van der Waals surface area contributed by atoms with E-state index >= 15 is 0 Å². The zero-order chi connectivity index (χ0) is 23.3. The maximum absolute atomic E-state index is 11.0. The number of nitro benzene ring substituents is 2. The minimum Gasteiger partial charge on any atom is -0.486 e. The van der Waals surface area contributed by atoms with Crippen LogP contribution in [0.25, 0.3) is 11.6 Å². The van der Waals surface area contributed by atoms with Crippen LogP contribution in [0.5, 0.6) is 5.75 Å². The van der Waals surface area contributed by atoms with Gasteiger partial charge in [0.2, 0.25) is 0 Å². The molecule has 0 bridgehead atoms. The number of benzene rings is 3. The standard InChI is InChI=1S/C22H13BrClN3O5/c23-20-9-15(8-17(12-25)16-2-1-3-19(11-16)27(30)31)10-21(24)22(20)32-13-14-4-6-18(7-5-14)26(28)29/h1-11H,13H2/b17-8-. The largest absolute Gasteiger partial charge is 0.486 e. The molecular weight excluding hydrogens is 502 g/mol. The first-order valence-electron chi connectivity index (χ1n) is 9.00. The van der Waals surface area contributed by atoms with Crippen molar-refractivity contribution >= 4 is 50.6 Å². The summed E-state index contributed by atoms with van der Waals surface area (Å²) >= 11 is 9.76. The number of hydrogen-bond donors (Lipinski definition) is 0. The summed E-state index contributed by atoms with van der Waals surface area (Å²) in [7, 11) is 0. The van der Waals surface area contributed by atoms with Crippen LogP contribution in [0.4, 0.5) is 11.4 Å². The number of nitro groups is 2. The first kappa shape index (κ1) is 22.9. The number of non-ortho nitro benzene ring substituents is 2. The van der Waals surface area contributed by atoms with Gasteiger partial charge in [0.25, 0.3) is 11.4 Å². The zero-order valence-electron chi connectivity index (χ0n) is 16.2. The van der Waals surface area contributed by atoms with Crippen molar-refractivity contribution in [2.75, 3.05) is 0 Å². The van der Waals surface area contributed by atoms with E-state index in [0.717, 1.165) is 5.56 Å². The molecule has 0 aliphatic carbocycles. The van der Waals surface area contributed by atoms with E-state index in [1.54, 1.807) is 36.4 Å². The lowest BCUT2D eigenvalue weighted by Gasteiger charge is -2.11. The summed E-state index contributed by atoms with van der Waals surface area (Å²) in [4.78, 5) is 20.7. The summed E-state index contributed by atoms with van der Waals surface area (Å²) in [5.41, 5.74) is 1.83. The zero-order valence-corrected chi connectivity index (χ0v) is 18.5. The predicted octanol–water partition coefficient (Wildman–Crippen LogP) is 6.56. The first-order chi connectivity index (χ1) is 15.3. The van der Waals surface area contributed by atoms with E-state index < -0.39 is 9.85 Å². The van der Waals surface area contributed by atoms with Crippen LogP contribution in [-0.4, -0.2) is 9.85 Å². The molecule has 160 valence electrons. The molecule has 3 aromatic rings. The molecule has 0 spiro atoms. The third-order valence-electron chi connectivity index (χ3n) is 4.35. The van der Waals surface area contributed by atoms with Crippen LogP contribution in [0.1, 0.15) is 16.7 Å². The molecule has 0 aromatic heterocycles. The fourth-order valence-corrected chi connectivity index (χ4v) is 3.79. The molecule has 8 nitrogen and oxygen atoms in total. The van der Waals surface area contributed by atoms with E-state index in [2.05, 4.69) is 15.9 Å². The number of halogens is 2. The van der Waals surface area contributed by atoms with Gasteiger partial charge in [-0.15, -0.1) is 0 Å². The minimum atomic E-state index is -0.525. The third kappa shape index (κ3) is 5.49. The van der Waals surface area contributed by atoms with Crippen molar-refractivity contribution in [2.24, 2.45) is 0 Å². The summed E-state index contributed by atoms with van der Waals surface area (Å²) in [6, 6.07) is 17.1. The molecule has 0 saturated carbocycles. The number of nitriles is 1. The SMILES string of the molecule is N#C/C(=C/c1cc(Cl)c(OCc2ccc([N+](=O)[O-])cc2)c(Br)c1)c1cccc([N+](=O)[O-])c1. The monoisotopic (exact) mass is 513 g/mol. The fraction of sp³-hybridized carbons (Fsp3) is 0.0455. The Morgan fingerprint density at radius 1 is 1.06 bits per heavy atom. The average molecular weight is 515 g/mol. The van der Waals surface area contributed by atoms with Crippen LogP contribution in [-0.2, 0) is 6.61 Å². The van der Waals surface area contributed by atoms with Gasteiger partial charge in [0.1, 0.15) is 6.61 Å². The second-order valence-corrected chi connectivity index (χ2v) is 7.76. The highest BCUT2D eigenvalue weighted by atomic mass is 79.9. The van der Waals surface area contributed by atoms with Crippen LogP contribution in [0.2, 0.25) is 5.02 Å². The number of allylic oxidation sites excluding steroid dienone is 1. The quantitative estimate of drug-likeness (QED) is 0.152. The molecule has 0 unspecified atom stereocenters. The molecule has 0 aliphatic heterocycles. The Balaban J connectivity index is 1.83. The Labute approximate surface area is 195 Å². The summed E-state index contributed by atoms with van der Waals surface area (Å²) in [5.74, 6) is 0.371. The molecule has 3 rings (SSSR count). The number of nitrogens with zero attached hydrogens (tertiary/aromatic N) is 3. The van der Waals surface area contributed by atoms with Gasteiger partial charge in [-0.05, 0) is 63.0 Å². The molecule has 0 amide bonds. The van der Waals surface area contributed by atoms with E-state index in [-0.39, 0.29) is 28.6 Å². The highest BCUT2D eigenvalue weighted by Crippen LogP contribution is 2.36. The van der Waals surface area contributed by atoms with Gasteiger partial charge in [0.15, 0.2) is 5.75 Å². The van der Waals surface area contributed by atoms with Crippen LogP contribution < -0.4 is 4.74 Å². The Kier molecular flexibility index (Phi) is 7.20. The summed E-state index contributed by atoms with van der Waals surface area (Å²) < 4.78 is 6.29. The van der Waals surface area contributed by atoms with Crippen molar-refractivity contribution in [3.05, 3.63) is 107 Å². The normalized spacial score (nSPS) is 11.0. The lowest BCUT2D eigenvalue weighted by Crippen LogP contribution is -1.98. The van der Waals surface area contributed by atoms with Gasteiger partial charge in [-0.2, -0.15) is 5.26 Å². The van der Waals surface area contributed by atoms with Gasteiger partial charge in [-0.3, -0.25) is 20.2 Å². The molecule has 0 atom stereocenters. The van der Waals surface area contributed by atoms with Crippen LogP contribution in [0, 0.1) is 31.6 Å². The van der Waals surface area contributed by atoms with Crippen LogP contribution >= 0.6 is 27.5 Å². The van der Waals surface area contributed by atoms with Crippen molar-refractivity contribution in [2.45, 2.75) is 6.61 Å². The summed E-state index contributed by atoms with van der Waals surface area (Å²) in [5, 5.41) is 31.5. The number of hydrogen-bond acceptors (Lipinski definition) is 6. The third-order valence-corrected chi connectivity index (χ3v) is 5.22. The Hall–Kier alpha value is -3.74. The molecule has 0 aliphatic rings. The first-order valence-corrected chi connectivity index (χ1v) is 10.2. The van der Waals surface area contributed by atoms with Crippen molar-refractivity contribution in [3.8, 4) is 11.8 Å². The Morgan fingerprint density at radius 2 is 1.75 bits per heavy atom. The maximum Gasteiger partial charge on any atom is 0.270 e. The van der Waals surface area contributed by atoms with E-state index in [4.69, 9.17) is 16.3 Å². The number of rotatable bonds is 7. The number of ether oxygens (including phenoxy) is 1. The van der Waals surface area contributed by atoms with Gasteiger partial charge < -0.3 is 4.74 Å². The van der Waals surface area contributed by atoms with Gasteiger partial charge in [-0.25, -0.2) is 0 Å². The van der Waals surface area contributed by atoms with Gasteiger partial charge in [-0.1, -0.05) is 23.7 Å². The van der Waals surface area contributed by atoms with Crippen molar-refractivity contribution in [1.82, 2.24) is 0 Å². The lowest BCUT2D eigenvalue weighted by atomic mass is 10.0. The average Bonchev–Trinajstić information content (AvgIpc) is 2.77. The molecule has 0 N–H and O–H groups in total. The van der Waals surface area contributed by atoms with Crippen LogP contribution in [0.15, 0.2) is 65.1 Å². The smallest absolute Gasteiger partial charge is 0.270 e. The summed E-state index contributed by atoms with van der Waals surface area (Å²) in [6.45, 7) is 0.141. The molecule has 0 heterocycles. The predicted molar refractivity (Wildman–Crippen MR) is 123 cm³/mol. The molecular formula is C22H13BrClN3O5. The maximum atomic E-state index is 11.0. The van der Waals surface area contributed by atoms with Gasteiger partial charge in [0, 0.05) is 24.3 Å². The molecule has 0 fully saturated rings. The minimum absolute atomic E-state index is 0.0128. The molecule has 0 saturated heterocycles. The molecule has 3 aromatic carbocycles. The van der Waals surface area contributed by atoms with E-state index in [0.29, 0.717) is 21.3 Å². The Morgan fingerprint density at radius 3 is 2.34 bits per heavy atom. The molecule has 32 heavy (non-hydrogen) atoms. The van der Waals surface area contributed by atoms with E-state index in [1.165, 1.54) is 30.3 Å². The Bertz CT molecular complexity index is 1250. The van der Waals surface area contributed by atoms with Crippen molar-refractivity contribution in [1.29, 1.82) is 5.26 Å². The van der Waals surface area contributed by atoms with Crippen molar-refractivity contribution in [3.63, 3.8) is 0 Å².